The second-order valence-electron chi connectivity index (χ2n) is 11.1. The third-order valence-corrected chi connectivity index (χ3v) is 6.23. The Morgan fingerprint density at radius 2 is 1.20 bits per heavy atom. The zero-order valence-corrected chi connectivity index (χ0v) is 21.0. The minimum absolute atomic E-state index is 0.323. The molecule has 1 rings (SSSR count). The Morgan fingerprint density at radius 3 is 1.67 bits per heavy atom. The number of benzene rings is 1. The van der Waals surface area contributed by atoms with Crippen LogP contribution in [0.25, 0.3) is 0 Å². The van der Waals surface area contributed by atoms with E-state index in [4.69, 9.17) is 4.74 Å². The normalized spacial score (nSPS) is 12.2. The second kappa shape index (κ2) is 13.2. The lowest BCUT2D eigenvalue weighted by Gasteiger charge is -2.22. The molecule has 172 valence electrons. The van der Waals surface area contributed by atoms with Crippen molar-refractivity contribution in [2.75, 3.05) is 0 Å². The Morgan fingerprint density at radius 1 is 0.733 bits per heavy atom. The van der Waals surface area contributed by atoms with E-state index >= 15 is 0 Å². The van der Waals surface area contributed by atoms with Gasteiger partial charge in [-0.2, -0.15) is 0 Å². The van der Waals surface area contributed by atoms with Gasteiger partial charge in [0.1, 0.15) is 5.60 Å². The van der Waals surface area contributed by atoms with E-state index in [1.165, 1.54) is 75.3 Å². The lowest BCUT2D eigenvalue weighted by Crippen LogP contribution is -2.23. The molecule has 0 bridgehead atoms. The standard InChI is InChI=1S/C28H48O2/c1-23-20-25(16-12-8-10-14-18-27(3,4)5)24(2)26(21-23)17-13-9-11-15-19-28(6,7)30-22-29/h20-22H,8-19H2,1-7H3. The summed E-state index contributed by atoms with van der Waals surface area (Å²) >= 11 is 0. The van der Waals surface area contributed by atoms with Crippen molar-refractivity contribution in [2.24, 2.45) is 5.41 Å². The average Bonchev–Trinajstić information content (AvgIpc) is 2.63. The van der Waals surface area contributed by atoms with Crippen LogP contribution in [0.3, 0.4) is 0 Å². The zero-order chi connectivity index (χ0) is 22.6. The Labute approximate surface area is 187 Å². The number of unbranched alkanes of at least 4 members (excludes halogenated alkanes) is 6. The molecule has 0 unspecified atom stereocenters. The molecule has 0 aliphatic rings. The van der Waals surface area contributed by atoms with Gasteiger partial charge in [0, 0.05) is 0 Å². The minimum atomic E-state index is -0.323. The molecule has 1 aromatic carbocycles. The van der Waals surface area contributed by atoms with E-state index in [0.29, 0.717) is 11.9 Å². The number of ether oxygens (including phenoxy) is 1. The molecule has 30 heavy (non-hydrogen) atoms. The fourth-order valence-corrected chi connectivity index (χ4v) is 4.27. The Kier molecular flexibility index (Phi) is 11.7. The van der Waals surface area contributed by atoms with Crippen LogP contribution in [-0.4, -0.2) is 12.1 Å². The largest absolute Gasteiger partial charge is 0.462 e. The van der Waals surface area contributed by atoms with Gasteiger partial charge in [-0.05, 0) is 94.7 Å². The first-order valence-electron chi connectivity index (χ1n) is 12.2. The van der Waals surface area contributed by atoms with Crippen LogP contribution in [0, 0.1) is 19.3 Å². The summed E-state index contributed by atoms with van der Waals surface area (Å²) in [5, 5.41) is 0. The summed E-state index contributed by atoms with van der Waals surface area (Å²) in [5.74, 6) is 0. The van der Waals surface area contributed by atoms with Crippen molar-refractivity contribution in [1.29, 1.82) is 0 Å². The quantitative estimate of drug-likeness (QED) is 0.212. The third kappa shape index (κ3) is 11.8. The first-order valence-corrected chi connectivity index (χ1v) is 12.2. The van der Waals surface area contributed by atoms with Crippen molar-refractivity contribution in [3.8, 4) is 0 Å². The van der Waals surface area contributed by atoms with E-state index in [-0.39, 0.29) is 5.60 Å². The second-order valence-corrected chi connectivity index (χ2v) is 11.1. The van der Waals surface area contributed by atoms with Gasteiger partial charge in [-0.15, -0.1) is 0 Å². The van der Waals surface area contributed by atoms with Gasteiger partial charge in [0.25, 0.3) is 6.47 Å². The molecule has 0 N–H and O–H groups in total. The minimum Gasteiger partial charge on any atom is -0.462 e. The molecular weight excluding hydrogens is 368 g/mol. The number of hydrogen-bond acceptors (Lipinski definition) is 2. The predicted molar refractivity (Wildman–Crippen MR) is 130 cm³/mol. The highest BCUT2D eigenvalue weighted by Gasteiger charge is 2.17. The summed E-state index contributed by atoms with van der Waals surface area (Å²) in [5.41, 5.74) is 6.19. The van der Waals surface area contributed by atoms with Crippen molar-refractivity contribution >= 4 is 6.47 Å². The molecule has 0 aliphatic heterocycles. The van der Waals surface area contributed by atoms with E-state index in [2.05, 4.69) is 46.8 Å². The summed E-state index contributed by atoms with van der Waals surface area (Å²) in [6, 6.07) is 4.80. The van der Waals surface area contributed by atoms with Crippen molar-refractivity contribution in [2.45, 2.75) is 131 Å². The van der Waals surface area contributed by atoms with E-state index in [0.717, 1.165) is 12.8 Å². The molecule has 0 saturated carbocycles. The number of rotatable bonds is 15. The van der Waals surface area contributed by atoms with Crippen LogP contribution in [0.4, 0.5) is 0 Å². The Balaban J connectivity index is 2.36. The molecule has 2 nitrogen and oxygen atoms in total. The van der Waals surface area contributed by atoms with Crippen LogP contribution < -0.4 is 0 Å². The Hall–Kier alpha value is -1.31. The smallest absolute Gasteiger partial charge is 0.293 e. The van der Waals surface area contributed by atoms with Gasteiger partial charge in [-0.3, -0.25) is 4.79 Å². The van der Waals surface area contributed by atoms with Crippen LogP contribution in [-0.2, 0) is 22.4 Å². The highest BCUT2D eigenvalue weighted by atomic mass is 16.5. The molecule has 0 fully saturated rings. The fraction of sp³-hybridized carbons (Fsp3) is 0.750. The summed E-state index contributed by atoms with van der Waals surface area (Å²) in [7, 11) is 0. The van der Waals surface area contributed by atoms with Gasteiger partial charge in [-0.1, -0.05) is 70.6 Å². The molecule has 0 saturated heterocycles. The number of hydrogen-bond donors (Lipinski definition) is 0. The first kappa shape index (κ1) is 26.7. The lowest BCUT2D eigenvalue weighted by molar-refractivity contribution is -0.140. The Bertz CT molecular complexity index is 622. The average molecular weight is 417 g/mol. The topological polar surface area (TPSA) is 26.3 Å². The van der Waals surface area contributed by atoms with E-state index in [1.807, 2.05) is 13.8 Å². The lowest BCUT2D eigenvalue weighted by atomic mass is 9.89. The van der Waals surface area contributed by atoms with Gasteiger partial charge < -0.3 is 4.74 Å². The van der Waals surface area contributed by atoms with E-state index in [9.17, 15) is 4.79 Å². The molecule has 0 heterocycles. The molecule has 0 aromatic heterocycles. The van der Waals surface area contributed by atoms with Gasteiger partial charge in [-0.25, -0.2) is 0 Å². The summed E-state index contributed by atoms with van der Waals surface area (Å²) in [6.45, 7) is 16.1. The number of carbonyl (C=O) groups is 1. The van der Waals surface area contributed by atoms with Gasteiger partial charge in [0.15, 0.2) is 0 Å². The highest BCUT2D eigenvalue weighted by molar-refractivity contribution is 5.38. The van der Waals surface area contributed by atoms with Gasteiger partial charge >= 0.3 is 0 Å². The van der Waals surface area contributed by atoms with E-state index < -0.39 is 0 Å². The van der Waals surface area contributed by atoms with Crippen molar-refractivity contribution in [1.82, 2.24) is 0 Å². The maximum Gasteiger partial charge on any atom is 0.293 e. The van der Waals surface area contributed by atoms with Crippen molar-refractivity contribution in [3.05, 3.63) is 34.4 Å². The SMILES string of the molecule is Cc1cc(CCCCCCC(C)(C)C)c(C)c(CCCCCCC(C)(C)OC=O)c1. The van der Waals surface area contributed by atoms with Crippen LogP contribution in [0.5, 0.6) is 0 Å². The van der Waals surface area contributed by atoms with E-state index in [1.54, 1.807) is 11.1 Å². The summed E-state index contributed by atoms with van der Waals surface area (Å²) in [6.07, 6.45) is 14.9. The van der Waals surface area contributed by atoms with Gasteiger partial charge in [0.05, 0.1) is 0 Å². The molecule has 0 aliphatic carbocycles. The monoisotopic (exact) mass is 416 g/mol. The van der Waals surface area contributed by atoms with Crippen molar-refractivity contribution < 1.29 is 9.53 Å². The molecule has 0 radical (unpaired) electrons. The highest BCUT2D eigenvalue weighted by Crippen LogP contribution is 2.24. The predicted octanol–water partition coefficient (Wildman–Crippen LogP) is 8.29. The molecule has 2 heteroatoms. The third-order valence-electron chi connectivity index (χ3n) is 6.23. The fourth-order valence-electron chi connectivity index (χ4n) is 4.27. The number of carbonyl (C=O) groups excluding carboxylic acids is 1. The van der Waals surface area contributed by atoms with Crippen molar-refractivity contribution in [3.63, 3.8) is 0 Å². The summed E-state index contributed by atoms with van der Waals surface area (Å²) < 4.78 is 5.14. The molecular formula is C28H48O2. The van der Waals surface area contributed by atoms with Gasteiger partial charge in [0.2, 0.25) is 0 Å². The first-order chi connectivity index (χ1) is 14.0. The zero-order valence-electron chi connectivity index (χ0n) is 21.0. The van der Waals surface area contributed by atoms with Crippen LogP contribution in [0.15, 0.2) is 12.1 Å². The molecule has 0 atom stereocenters. The molecule has 1 aromatic rings. The number of aryl methyl sites for hydroxylation is 3. The molecule has 0 amide bonds. The summed E-state index contributed by atoms with van der Waals surface area (Å²) in [4.78, 5) is 10.5. The van der Waals surface area contributed by atoms with Crippen LogP contribution in [0.2, 0.25) is 0 Å². The molecule has 0 spiro atoms. The van der Waals surface area contributed by atoms with Crippen LogP contribution >= 0.6 is 0 Å². The maximum absolute atomic E-state index is 10.5. The maximum atomic E-state index is 10.5. The van der Waals surface area contributed by atoms with Crippen LogP contribution in [0.1, 0.15) is 121 Å².